The average Bonchev–Trinajstić information content (AvgIpc) is 2.42. The van der Waals surface area contributed by atoms with Gasteiger partial charge in [-0.25, -0.2) is 14.8 Å². The third kappa shape index (κ3) is 3.93. The number of amides is 2. The van der Waals surface area contributed by atoms with Crippen molar-refractivity contribution in [3.8, 4) is 0 Å². The zero-order valence-electron chi connectivity index (χ0n) is 11.5. The lowest BCUT2D eigenvalue weighted by atomic mass is 10.4. The van der Waals surface area contributed by atoms with E-state index in [0.717, 1.165) is 0 Å². The van der Waals surface area contributed by atoms with Crippen molar-refractivity contribution >= 4 is 23.4 Å². The SMILES string of the molecule is CNc1ncnc(NCCNC(=O)N(C)C)c1[N+](=O)[O-]. The van der Waals surface area contributed by atoms with E-state index in [1.54, 1.807) is 14.1 Å². The molecule has 20 heavy (non-hydrogen) atoms. The molecule has 10 nitrogen and oxygen atoms in total. The van der Waals surface area contributed by atoms with Crippen LogP contribution in [0.2, 0.25) is 0 Å². The van der Waals surface area contributed by atoms with Crippen LogP contribution in [0.1, 0.15) is 0 Å². The topological polar surface area (TPSA) is 125 Å². The van der Waals surface area contributed by atoms with Crippen LogP contribution in [-0.2, 0) is 0 Å². The van der Waals surface area contributed by atoms with E-state index in [2.05, 4.69) is 25.9 Å². The largest absolute Gasteiger partial charge is 0.367 e. The van der Waals surface area contributed by atoms with Gasteiger partial charge in [0.1, 0.15) is 6.33 Å². The molecule has 0 aliphatic heterocycles. The van der Waals surface area contributed by atoms with E-state index in [1.807, 2.05) is 0 Å². The molecule has 0 aromatic carbocycles. The van der Waals surface area contributed by atoms with E-state index >= 15 is 0 Å². The number of rotatable bonds is 6. The smallest absolute Gasteiger partial charge is 0.353 e. The lowest BCUT2D eigenvalue weighted by molar-refractivity contribution is -0.383. The van der Waals surface area contributed by atoms with Crippen molar-refractivity contribution in [1.29, 1.82) is 0 Å². The van der Waals surface area contributed by atoms with Crippen LogP contribution in [0, 0.1) is 10.1 Å². The van der Waals surface area contributed by atoms with Crippen molar-refractivity contribution in [2.45, 2.75) is 0 Å². The molecule has 0 bridgehead atoms. The number of carbonyl (C=O) groups is 1. The Hall–Kier alpha value is -2.65. The molecule has 0 aliphatic carbocycles. The first-order valence-electron chi connectivity index (χ1n) is 5.83. The maximum absolute atomic E-state index is 11.3. The quantitative estimate of drug-likeness (QED) is 0.384. The Balaban J connectivity index is 2.64. The Kier molecular flexibility index (Phi) is 5.44. The molecule has 1 aromatic heterocycles. The summed E-state index contributed by atoms with van der Waals surface area (Å²) in [6, 6.07) is -0.236. The minimum Gasteiger partial charge on any atom is -0.367 e. The highest BCUT2D eigenvalue weighted by atomic mass is 16.6. The van der Waals surface area contributed by atoms with Crippen molar-refractivity contribution < 1.29 is 9.72 Å². The minimum absolute atomic E-state index is 0.105. The monoisotopic (exact) mass is 283 g/mol. The predicted octanol–water partition coefficient (Wildman–Crippen LogP) is 0.110. The van der Waals surface area contributed by atoms with Crippen LogP contribution < -0.4 is 16.0 Å². The molecule has 0 aliphatic rings. The van der Waals surface area contributed by atoms with Gasteiger partial charge in [0.15, 0.2) is 0 Å². The van der Waals surface area contributed by atoms with E-state index in [0.29, 0.717) is 13.1 Å². The Bertz CT molecular complexity index is 492. The van der Waals surface area contributed by atoms with Gasteiger partial charge in [-0.1, -0.05) is 0 Å². The number of nitrogens with one attached hydrogen (secondary N) is 3. The number of nitrogens with zero attached hydrogens (tertiary/aromatic N) is 4. The molecule has 1 aromatic rings. The summed E-state index contributed by atoms with van der Waals surface area (Å²) in [5.41, 5.74) is -0.228. The van der Waals surface area contributed by atoms with Crippen molar-refractivity contribution in [3.63, 3.8) is 0 Å². The van der Waals surface area contributed by atoms with Crippen molar-refractivity contribution in [3.05, 3.63) is 16.4 Å². The highest BCUT2D eigenvalue weighted by Crippen LogP contribution is 2.27. The van der Waals surface area contributed by atoms with E-state index < -0.39 is 4.92 Å². The number of hydrogen-bond donors (Lipinski definition) is 3. The fourth-order valence-electron chi connectivity index (χ4n) is 1.37. The van der Waals surface area contributed by atoms with E-state index in [4.69, 9.17) is 0 Å². The van der Waals surface area contributed by atoms with Gasteiger partial charge < -0.3 is 20.9 Å². The molecule has 0 saturated carbocycles. The van der Waals surface area contributed by atoms with Gasteiger partial charge in [-0.3, -0.25) is 10.1 Å². The highest BCUT2D eigenvalue weighted by molar-refractivity contribution is 5.73. The van der Waals surface area contributed by atoms with Gasteiger partial charge in [-0.05, 0) is 0 Å². The van der Waals surface area contributed by atoms with Crippen molar-refractivity contribution in [2.24, 2.45) is 0 Å². The number of anilines is 2. The van der Waals surface area contributed by atoms with E-state index in [9.17, 15) is 14.9 Å². The summed E-state index contributed by atoms with van der Waals surface area (Å²) in [6.07, 6.45) is 1.22. The molecular weight excluding hydrogens is 266 g/mol. The summed E-state index contributed by atoms with van der Waals surface area (Å²) in [4.78, 5) is 30.7. The van der Waals surface area contributed by atoms with Crippen molar-refractivity contribution in [2.75, 3.05) is 44.9 Å². The Labute approximate surface area is 115 Å². The molecule has 0 fully saturated rings. The molecule has 0 atom stereocenters. The van der Waals surface area contributed by atoms with Crippen LogP contribution >= 0.6 is 0 Å². The van der Waals surface area contributed by atoms with Gasteiger partial charge >= 0.3 is 11.7 Å². The van der Waals surface area contributed by atoms with Gasteiger partial charge in [0.2, 0.25) is 11.6 Å². The maximum atomic E-state index is 11.3. The summed E-state index contributed by atoms with van der Waals surface area (Å²) < 4.78 is 0. The van der Waals surface area contributed by atoms with Crippen LogP contribution in [-0.4, -0.2) is 60.1 Å². The number of urea groups is 1. The second-order valence-electron chi connectivity index (χ2n) is 3.98. The lowest BCUT2D eigenvalue weighted by Gasteiger charge is -2.12. The first kappa shape index (κ1) is 15.4. The van der Waals surface area contributed by atoms with Crippen LogP contribution in [0.25, 0.3) is 0 Å². The van der Waals surface area contributed by atoms with Crippen molar-refractivity contribution in [1.82, 2.24) is 20.2 Å². The Morgan fingerprint density at radius 1 is 1.35 bits per heavy atom. The normalized spacial score (nSPS) is 9.75. The summed E-state index contributed by atoms with van der Waals surface area (Å²) in [5, 5.41) is 19.1. The molecule has 0 saturated heterocycles. The Morgan fingerprint density at radius 2 is 2.00 bits per heavy atom. The molecule has 0 unspecified atom stereocenters. The summed E-state index contributed by atoms with van der Waals surface area (Å²) in [6.45, 7) is 0.619. The van der Waals surface area contributed by atoms with Crippen LogP contribution in [0.15, 0.2) is 6.33 Å². The first-order valence-corrected chi connectivity index (χ1v) is 5.83. The molecule has 1 rings (SSSR count). The average molecular weight is 283 g/mol. The molecule has 110 valence electrons. The van der Waals surface area contributed by atoms with E-state index in [1.165, 1.54) is 18.3 Å². The number of aromatic nitrogens is 2. The fourth-order valence-corrected chi connectivity index (χ4v) is 1.37. The number of nitro groups is 1. The second-order valence-corrected chi connectivity index (χ2v) is 3.98. The van der Waals surface area contributed by atoms with Gasteiger partial charge in [0.25, 0.3) is 0 Å². The maximum Gasteiger partial charge on any atom is 0.353 e. The molecule has 0 spiro atoms. The van der Waals surface area contributed by atoms with Gasteiger partial charge in [0, 0.05) is 34.2 Å². The molecular formula is C10H17N7O3. The fraction of sp³-hybridized carbons (Fsp3) is 0.500. The molecule has 10 heteroatoms. The minimum atomic E-state index is -0.563. The third-order valence-corrected chi connectivity index (χ3v) is 2.34. The first-order chi connectivity index (χ1) is 9.47. The number of carbonyl (C=O) groups excluding carboxylic acids is 1. The summed E-state index contributed by atoms with van der Waals surface area (Å²) in [7, 11) is 4.78. The molecule has 0 radical (unpaired) electrons. The predicted molar refractivity (Wildman–Crippen MR) is 73.8 cm³/mol. The highest BCUT2D eigenvalue weighted by Gasteiger charge is 2.21. The Morgan fingerprint density at radius 3 is 2.55 bits per heavy atom. The van der Waals surface area contributed by atoms with E-state index in [-0.39, 0.29) is 23.4 Å². The van der Waals surface area contributed by atoms with Gasteiger partial charge in [-0.2, -0.15) is 0 Å². The zero-order valence-corrected chi connectivity index (χ0v) is 11.5. The molecule has 3 N–H and O–H groups in total. The standard InChI is InChI=1S/C10H17N7O3/c1-11-8-7(17(19)20)9(15-6-14-8)12-4-5-13-10(18)16(2)3/h6H,4-5H2,1-3H3,(H,13,18)(H2,11,12,14,15). The summed E-state index contributed by atoms with van der Waals surface area (Å²) in [5.74, 6) is 0.235. The molecule has 2 amide bonds. The number of hydrogen-bond acceptors (Lipinski definition) is 7. The molecule has 1 heterocycles. The lowest BCUT2D eigenvalue weighted by Crippen LogP contribution is -2.37. The van der Waals surface area contributed by atoms with Crippen LogP contribution in [0.3, 0.4) is 0 Å². The second kappa shape index (κ2) is 7.07. The van der Waals surface area contributed by atoms with Crippen LogP contribution in [0.4, 0.5) is 22.1 Å². The van der Waals surface area contributed by atoms with Crippen LogP contribution in [0.5, 0.6) is 0 Å². The summed E-state index contributed by atoms with van der Waals surface area (Å²) >= 11 is 0. The van der Waals surface area contributed by atoms with Gasteiger partial charge in [0.05, 0.1) is 4.92 Å². The third-order valence-electron chi connectivity index (χ3n) is 2.34. The zero-order chi connectivity index (χ0) is 15.1. The van der Waals surface area contributed by atoms with Gasteiger partial charge in [-0.15, -0.1) is 0 Å².